The average Bonchev–Trinajstić information content (AvgIpc) is 2.29. The normalized spacial score (nSPS) is 24.4. The van der Waals surface area contributed by atoms with Crippen LogP contribution in [0.5, 0.6) is 0 Å². The zero-order chi connectivity index (χ0) is 11.5. The standard InChI is InChI=1S/C15H26O/c16-15-13-11-9-7-5-3-1-2-4-6-8-10-12-14-15/h3,5H,1-2,4,6-14H2/b5-3+. The quantitative estimate of drug-likeness (QED) is 0.538. The molecule has 0 radical (unpaired) electrons. The molecule has 0 unspecified atom stereocenters. The van der Waals surface area contributed by atoms with Gasteiger partial charge in [0.1, 0.15) is 5.78 Å². The average molecular weight is 222 g/mol. The van der Waals surface area contributed by atoms with Gasteiger partial charge in [-0.15, -0.1) is 0 Å². The third-order valence-corrected chi connectivity index (χ3v) is 3.32. The number of Topliss-reactive ketones (excluding diaryl/α,β-unsaturated/α-hetero) is 1. The molecule has 1 aliphatic rings. The van der Waals surface area contributed by atoms with Crippen LogP contribution in [0, 0.1) is 0 Å². The summed E-state index contributed by atoms with van der Waals surface area (Å²) in [6, 6.07) is 0. The first-order valence-electron chi connectivity index (χ1n) is 7.06. The fourth-order valence-corrected chi connectivity index (χ4v) is 2.24. The topological polar surface area (TPSA) is 17.1 Å². The van der Waals surface area contributed by atoms with E-state index in [4.69, 9.17) is 0 Å². The van der Waals surface area contributed by atoms with Crippen LogP contribution in [0.3, 0.4) is 0 Å². The maximum Gasteiger partial charge on any atom is 0.132 e. The van der Waals surface area contributed by atoms with Crippen molar-refractivity contribution in [1.29, 1.82) is 0 Å². The summed E-state index contributed by atoms with van der Waals surface area (Å²) in [6.07, 6.45) is 18.7. The number of carbonyl (C=O) groups is 1. The van der Waals surface area contributed by atoms with Crippen LogP contribution in [0.4, 0.5) is 0 Å². The fraction of sp³-hybridized carbons (Fsp3) is 0.800. The van der Waals surface area contributed by atoms with Crippen LogP contribution in [-0.4, -0.2) is 5.78 Å². The second-order valence-electron chi connectivity index (χ2n) is 4.92. The van der Waals surface area contributed by atoms with Gasteiger partial charge in [-0.1, -0.05) is 37.8 Å². The zero-order valence-corrected chi connectivity index (χ0v) is 10.5. The molecule has 1 aliphatic carbocycles. The minimum Gasteiger partial charge on any atom is -0.300 e. The van der Waals surface area contributed by atoms with E-state index in [-0.39, 0.29) is 0 Å². The van der Waals surface area contributed by atoms with Crippen molar-refractivity contribution in [2.75, 3.05) is 0 Å². The van der Waals surface area contributed by atoms with Crippen LogP contribution < -0.4 is 0 Å². The lowest BCUT2D eigenvalue weighted by Crippen LogP contribution is -1.97. The lowest BCUT2D eigenvalue weighted by atomic mass is 10.0. The number of rotatable bonds is 0. The molecule has 0 amide bonds. The molecule has 0 aromatic carbocycles. The predicted octanol–water partition coefficient (Wildman–Crippen LogP) is 4.81. The highest BCUT2D eigenvalue weighted by Crippen LogP contribution is 2.12. The maximum absolute atomic E-state index is 11.5. The highest BCUT2D eigenvalue weighted by molar-refractivity contribution is 5.78. The Morgan fingerprint density at radius 2 is 1.06 bits per heavy atom. The van der Waals surface area contributed by atoms with Gasteiger partial charge < -0.3 is 0 Å². The molecule has 0 aromatic rings. The molecule has 0 N–H and O–H groups in total. The van der Waals surface area contributed by atoms with Gasteiger partial charge >= 0.3 is 0 Å². The molecule has 0 heterocycles. The third kappa shape index (κ3) is 7.67. The highest BCUT2D eigenvalue weighted by Gasteiger charge is 2.01. The Kier molecular flexibility index (Phi) is 8.10. The van der Waals surface area contributed by atoms with E-state index in [9.17, 15) is 4.79 Å². The first-order chi connectivity index (χ1) is 7.89. The number of ketones is 1. The molecule has 92 valence electrons. The van der Waals surface area contributed by atoms with Crippen LogP contribution in [0.25, 0.3) is 0 Å². The molecule has 1 nitrogen and oxygen atoms in total. The minimum absolute atomic E-state index is 0.485. The van der Waals surface area contributed by atoms with Crippen molar-refractivity contribution in [3.05, 3.63) is 12.2 Å². The highest BCUT2D eigenvalue weighted by atomic mass is 16.1. The Labute approximate surface area is 100 Å². The summed E-state index contributed by atoms with van der Waals surface area (Å²) < 4.78 is 0. The molecule has 0 saturated carbocycles. The Morgan fingerprint density at radius 1 is 0.625 bits per heavy atom. The number of hydrogen-bond donors (Lipinski definition) is 0. The van der Waals surface area contributed by atoms with Crippen LogP contribution in [-0.2, 0) is 4.79 Å². The summed E-state index contributed by atoms with van der Waals surface area (Å²) in [5, 5.41) is 0. The van der Waals surface area contributed by atoms with E-state index >= 15 is 0 Å². The molecule has 1 rings (SSSR count). The van der Waals surface area contributed by atoms with E-state index in [1.807, 2.05) is 0 Å². The number of allylic oxidation sites excluding steroid dienone is 2. The van der Waals surface area contributed by atoms with Crippen LogP contribution in [0.1, 0.15) is 77.0 Å². The van der Waals surface area contributed by atoms with Gasteiger partial charge in [0.05, 0.1) is 0 Å². The Morgan fingerprint density at radius 3 is 1.75 bits per heavy atom. The molecule has 0 fully saturated rings. The van der Waals surface area contributed by atoms with Crippen LogP contribution >= 0.6 is 0 Å². The molecule has 0 aromatic heterocycles. The van der Waals surface area contributed by atoms with Gasteiger partial charge in [-0.25, -0.2) is 0 Å². The van der Waals surface area contributed by atoms with E-state index in [2.05, 4.69) is 12.2 Å². The molecule has 1 heteroatoms. The van der Waals surface area contributed by atoms with Gasteiger partial charge in [0.2, 0.25) is 0 Å². The SMILES string of the molecule is O=C1CCCC/C=C/CCCCCCCC1. The monoisotopic (exact) mass is 222 g/mol. The Bertz CT molecular complexity index is 205. The first kappa shape index (κ1) is 13.5. The van der Waals surface area contributed by atoms with E-state index in [1.54, 1.807) is 0 Å². The summed E-state index contributed by atoms with van der Waals surface area (Å²) >= 11 is 0. The van der Waals surface area contributed by atoms with Crippen LogP contribution in [0.2, 0.25) is 0 Å². The van der Waals surface area contributed by atoms with Crippen molar-refractivity contribution < 1.29 is 4.79 Å². The predicted molar refractivity (Wildman–Crippen MR) is 69.6 cm³/mol. The van der Waals surface area contributed by atoms with E-state index in [0.717, 1.165) is 32.1 Å². The van der Waals surface area contributed by atoms with Gasteiger partial charge in [0.15, 0.2) is 0 Å². The van der Waals surface area contributed by atoms with Crippen molar-refractivity contribution in [2.24, 2.45) is 0 Å². The fourth-order valence-electron chi connectivity index (χ4n) is 2.24. The van der Waals surface area contributed by atoms with E-state index in [1.165, 1.54) is 44.9 Å². The second-order valence-corrected chi connectivity index (χ2v) is 4.92. The molecular formula is C15H26O. The first-order valence-corrected chi connectivity index (χ1v) is 7.06. The lowest BCUT2D eigenvalue weighted by Gasteiger charge is -2.01. The molecule has 0 atom stereocenters. The van der Waals surface area contributed by atoms with Gasteiger partial charge in [-0.2, -0.15) is 0 Å². The molecular weight excluding hydrogens is 196 g/mol. The van der Waals surface area contributed by atoms with E-state index < -0.39 is 0 Å². The van der Waals surface area contributed by atoms with Crippen molar-refractivity contribution in [3.63, 3.8) is 0 Å². The van der Waals surface area contributed by atoms with Crippen molar-refractivity contribution in [1.82, 2.24) is 0 Å². The minimum atomic E-state index is 0.485. The summed E-state index contributed by atoms with van der Waals surface area (Å²) in [5.41, 5.74) is 0. The largest absolute Gasteiger partial charge is 0.300 e. The number of carbonyl (C=O) groups excluding carboxylic acids is 1. The molecule has 0 saturated heterocycles. The summed E-state index contributed by atoms with van der Waals surface area (Å²) in [4.78, 5) is 11.5. The van der Waals surface area contributed by atoms with Gasteiger partial charge in [0.25, 0.3) is 0 Å². The molecule has 0 bridgehead atoms. The Hall–Kier alpha value is -0.590. The summed E-state index contributed by atoms with van der Waals surface area (Å²) in [7, 11) is 0. The molecule has 16 heavy (non-hydrogen) atoms. The van der Waals surface area contributed by atoms with Crippen molar-refractivity contribution >= 4 is 5.78 Å². The maximum atomic E-state index is 11.5. The number of hydrogen-bond acceptors (Lipinski definition) is 1. The van der Waals surface area contributed by atoms with Crippen molar-refractivity contribution in [3.8, 4) is 0 Å². The smallest absolute Gasteiger partial charge is 0.132 e. The van der Waals surface area contributed by atoms with Gasteiger partial charge in [-0.05, 0) is 38.5 Å². The molecule has 0 aliphatic heterocycles. The van der Waals surface area contributed by atoms with Crippen molar-refractivity contribution in [2.45, 2.75) is 77.0 Å². The third-order valence-electron chi connectivity index (χ3n) is 3.32. The lowest BCUT2D eigenvalue weighted by molar-refractivity contribution is -0.119. The summed E-state index contributed by atoms with van der Waals surface area (Å²) in [5.74, 6) is 0.485. The van der Waals surface area contributed by atoms with E-state index in [0.29, 0.717) is 5.78 Å². The molecule has 0 spiro atoms. The second kappa shape index (κ2) is 9.62. The zero-order valence-electron chi connectivity index (χ0n) is 10.5. The van der Waals surface area contributed by atoms with Crippen LogP contribution in [0.15, 0.2) is 12.2 Å². The van der Waals surface area contributed by atoms with Gasteiger partial charge in [-0.3, -0.25) is 4.79 Å². The summed E-state index contributed by atoms with van der Waals surface area (Å²) in [6.45, 7) is 0. The van der Waals surface area contributed by atoms with Gasteiger partial charge in [0, 0.05) is 12.8 Å². The Balaban J connectivity index is 2.20.